The largest absolute Gasteiger partial charge is 0.488 e. The minimum absolute atomic E-state index is 0.153. The van der Waals surface area contributed by atoms with E-state index < -0.39 is 11.6 Å². The number of carbonyl (C=O) groups is 3. The Hall–Kier alpha value is -5.49. The molecular formula is C40H42N6O6. The second-order valence-electron chi connectivity index (χ2n) is 14.9. The van der Waals surface area contributed by atoms with Crippen molar-refractivity contribution >= 4 is 28.6 Å². The number of nitrogens with one attached hydrogen (secondary N) is 2. The van der Waals surface area contributed by atoms with Crippen molar-refractivity contribution in [1.82, 2.24) is 29.7 Å². The summed E-state index contributed by atoms with van der Waals surface area (Å²) in [5, 5.41) is 1.75. The fourth-order valence-electron chi connectivity index (χ4n) is 7.54. The molecule has 268 valence electrons. The predicted molar refractivity (Wildman–Crippen MR) is 194 cm³/mol. The van der Waals surface area contributed by atoms with Crippen LogP contribution in [0.15, 0.2) is 60.9 Å². The van der Waals surface area contributed by atoms with Crippen LogP contribution < -0.4 is 4.74 Å². The number of fused-ring (bicyclic) bond motifs is 5. The number of ketones is 1. The molecule has 2 saturated heterocycles. The zero-order chi connectivity index (χ0) is 36.1. The van der Waals surface area contributed by atoms with Crippen LogP contribution in [0, 0.1) is 0 Å². The second kappa shape index (κ2) is 13.2. The van der Waals surface area contributed by atoms with Crippen molar-refractivity contribution in [2.45, 2.75) is 70.7 Å². The zero-order valence-electron chi connectivity index (χ0n) is 29.8. The smallest absolute Gasteiger partial charge is 0.410 e. The number of H-pyrrole nitrogens is 2. The Balaban J connectivity index is 0.950. The molecule has 5 aromatic rings. The average molecular weight is 703 g/mol. The molecule has 5 heterocycles. The Bertz CT molecular complexity index is 2200. The van der Waals surface area contributed by atoms with Gasteiger partial charge in [-0.15, -0.1) is 0 Å². The minimum Gasteiger partial charge on any atom is -0.488 e. The number of amides is 1. The summed E-state index contributed by atoms with van der Waals surface area (Å²) in [6.07, 6.45) is 6.75. The summed E-state index contributed by atoms with van der Waals surface area (Å²) in [4.78, 5) is 58.2. The molecular weight excluding hydrogens is 660 g/mol. The molecule has 8 rings (SSSR count). The first-order chi connectivity index (χ1) is 25.0. The summed E-state index contributed by atoms with van der Waals surface area (Å²) < 4.78 is 17.3. The summed E-state index contributed by atoms with van der Waals surface area (Å²) in [6.45, 7) is 7.25. The normalized spacial score (nSPS) is 18.6. The third kappa shape index (κ3) is 6.43. The van der Waals surface area contributed by atoms with Gasteiger partial charge in [-0.3, -0.25) is 14.6 Å². The van der Waals surface area contributed by atoms with Gasteiger partial charge >= 0.3 is 12.1 Å². The number of aromatic amines is 2. The van der Waals surface area contributed by atoms with Gasteiger partial charge in [0.1, 0.15) is 35.3 Å². The predicted octanol–water partition coefficient (Wildman–Crippen LogP) is 7.39. The summed E-state index contributed by atoms with van der Waals surface area (Å²) >= 11 is 0. The van der Waals surface area contributed by atoms with Crippen LogP contribution in [-0.4, -0.2) is 79.9 Å². The van der Waals surface area contributed by atoms with E-state index in [1.54, 1.807) is 11.0 Å². The highest BCUT2D eigenvalue weighted by atomic mass is 16.6. The standard InChI is InChI=1S/C40H42N6O6/c1-40(2,3)52-39(49)46-16-6-8-33(46)37-41-19-30(43-37)24-10-12-27-26(18-24)21-50-35-28-13-11-25(17-23(28)9-14-29(27)35)34(47)22-51-38(48)31-20-42-36(44-31)32-7-5-15-45(32)4/h9-14,17-20,32-33H,5-8,15-16,21-22H2,1-4H3,(H,41,43)(H,42,44)/t32-,33-/m0/s1. The van der Waals surface area contributed by atoms with E-state index in [4.69, 9.17) is 14.2 Å². The van der Waals surface area contributed by atoms with Crippen LogP contribution in [0.25, 0.3) is 33.2 Å². The topological polar surface area (TPSA) is 143 Å². The SMILES string of the molecule is CN1CCC[C@H]1c1ncc(C(=O)OCC(=O)c2ccc3c4c(ccc3c2)-c2ccc(-c3cnc([C@@H]5CCCN5C(=O)OC(C)(C)C)[nH]3)cc2CO4)[nH]1. The van der Waals surface area contributed by atoms with Gasteiger partial charge in [-0.1, -0.05) is 30.3 Å². The van der Waals surface area contributed by atoms with Crippen molar-refractivity contribution < 1.29 is 28.6 Å². The molecule has 12 heteroatoms. The molecule has 1 amide bonds. The maximum atomic E-state index is 13.1. The van der Waals surface area contributed by atoms with Crippen LogP contribution in [0.1, 0.15) is 96.6 Å². The quantitative estimate of drug-likeness (QED) is 0.131. The number of rotatable bonds is 7. The Morgan fingerprint density at radius 3 is 2.48 bits per heavy atom. The fourth-order valence-corrected chi connectivity index (χ4v) is 7.54. The Morgan fingerprint density at radius 2 is 1.67 bits per heavy atom. The van der Waals surface area contributed by atoms with E-state index >= 15 is 0 Å². The van der Waals surface area contributed by atoms with Crippen LogP contribution in [0.2, 0.25) is 0 Å². The van der Waals surface area contributed by atoms with Gasteiger partial charge in [0.2, 0.25) is 0 Å². The molecule has 0 spiro atoms. The molecule has 3 aliphatic rings. The first-order valence-corrected chi connectivity index (χ1v) is 17.9. The Kier molecular flexibility index (Phi) is 8.57. The van der Waals surface area contributed by atoms with E-state index in [0.717, 1.165) is 88.3 Å². The number of carbonyl (C=O) groups excluding carboxylic acids is 3. The van der Waals surface area contributed by atoms with Crippen molar-refractivity contribution in [1.29, 1.82) is 0 Å². The first kappa shape index (κ1) is 33.6. The molecule has 2 aromatic heterocycles. The van der Waals surface area contributed by atoms with Crippen LogP contribution >= 0.6 is 0 Å². The van der Waals surface area contributed by atoms with E-state index in [9.17, 15) is 14.4 Å². The lowest BCUT2D eigenvalue weighted by molar-refractivity contribution is 0.0218. The zero-order valence-corrected chi connectivity index (χ0v) is 29.8. The number of hydrogen-bond donors (Lipinski definition) is 2. The molecule has 0 bridgehead atoms. The van der Waals surface area contributed by atoms with Crippen LogP contribution in [-0.2, 0) is 16.1 Å². The van der Waals surface area contributed by atoms with E-state index in [-0.39, 0.29) is 36.3 Å². The summed E-state index contributed by atoms with van der Waals surface area (Å²) in [5.74, 6) is 1.35. The molecule has 3 aliphatic heterocycles. The van der Waals surface area contributed by atoms with Gasteiger partial charge in [-0.05, 0) is 100 Å². The minimum atomic E-state index is -0.607. The molecule has 0 saturated carbocycles. The number of imidazole rings is 2. The molecule has 0 unspecified atom stereocenters. The van der Waals surface area contributed by atoms with E-state index in [2.05, 4.69) is 43.0 Å². The molecule has 2 fully saturated rings. The second-order valence-corrected chi connectivity index (χ2v) is 14.9. The highest BCUT2D eigenvalue weighted by Crippen LogP contribution is 2.43. The third-order valence-corrected chi connectivity index (χ3v) is 10.1. The van der Waals surface area contributed by atoms with Crippen LogP contribution in [0.5, 0.6) is 5.75 Å². The Morgan fingerprint density at radius 1 is 0.904 bits per heavy atom. The highest BCUT2D eigenvalue weighted by Gasteiger charge is 2.35. The van der Waals surface area contributed by atoms with E-state index in [0.29, 0.717) is 18.7 Å². The van der Waals surface area contributed by atoms with Gasteiger partial charge in [0.25, 0.3) is 0 Å². The summed E-state index contributed by atoms with van der Waals surface area (Å²) in [7, 11) is 2.04. The molecule has 12 nitrogen and oxygen atoms in total. The van der Waals surface area contributed by atoms with Crippen LogP contribution in [0.3, 0.4) is 0 Å². The molecule has 2 atom stereocenters. The molecule has 3 aromatic carbocycles. The number of hydrogen-bond acceptors (Lipinski definition) is 9. The molecule has 0 aliphatic carbocycles. The van der Waals surface area contributed by atoms with Gasteiger partial charge in [0.05, 0.1) is 30.2 Å². The van der Waals surface area contributed by atoms with Gasteiger partial charge < -0.3 is 24.2 Å². The van der Waals surface area contributed by atoms with Gasteiger partial charge in [0, 0.05) is 23.1 Å². The fraction of sp³-hybridized carbons (Fsp3) is 0.375. The van der Waals surface area contributed by atoms with Crippen molar-refractivity contribution in [3.8, 4) is 28.1 Å². The van der Waals surface area contributed by atoms with Gasteiger partial charge in [-0.25, -0.2) is 19.6 Å². The van der Waals surface area contributed by atoms with Gasteiger partial charge in [0.15, 0.2) is 12.4 Å². The first-order valence-electron chi connectivity index (χ1n) is 17.9. The lowest BCUT2D eigenvalue weighted by atomic mass is 9.92. The number of Topliss-reactive ketones (excluding diaryl/α,β-unsaturated/α-hetero) is 1. The number of likely N-dealkylation sites (tertiary alicyclic amines) is 2. The van der Waals surface area contributed by atoms with Crippen LogP contribution in [0.4, 0.5) is 4.79 Å². The molecule has 0 radical (unpaired) electrons. The number of aromatic nitrogens is 4. The molecule has 2 N–H and O–H groups in total. The lowest BCUT2D eigenvalue weighted by Gasteiger charge is -2.27. The van der Waals surface area contributed by atoms with Crippen molar-refractivity contribution in [3.05, 3.63) is 89.4 Å². The third-order valence-electron chi connectivity index (χ3n) is 10.1. The molecule has 52 heavy (non-hydrogen) atoms. The summed E-state index contributed by atoms with van der Waals surface area (Å²) in [5.41, 5.74) is 5.07. The van der Waals surface area contributed by atoms with Gasteiger partial charge in [-0.2, -0.15) is 0 Å². The number of esters is 1. The highest BCUT2D eigenvalue weighted by molar-refractivity contribution is 6.04. The number of nitrogens with zero attached hydrogens (tertiary/aromatic N) is 4. The number of ether oxygens (including phenoxy) is 3. The monoisotopic (exact) mass is 702 g/mol. The summed E-state index contributed by atoms with van der Waals surface area (Å²) in [6, 6.07) is 15.7. The number of benzene rings is 3. The van der Waals surface area contributed by atoms with Crippen molar-refractivity contribution in [2.75, 3.05) is 26.7 Å². The van der Waals surface area contributed by atoms with Crippen molar-refractivity contribution in [3.63, 3.8) is 0 Å². The van der Waals surface area contributed by atoms with Crippen molar-refractivity contribution in [2.24, 2.45) is 0 Å². The maximum Gasteiger partial charge on any atom is 0.410 e. The maximum absolute atomic E-state index is 13.1. The lowest BCUT2D eigenvalue weighted by Crippen LogP contribution is -2.36. The Labute approximate surface area is 301 Å². The van der Waals surface area contributed by atoms with E-state index in [1.165, 1.54) is 6.20 Å². The van der Waals surface area contributed by atoms with E-state index in [1.807, 2.05) is 58.3 Å². The average Bonchev–Trinajstić information content (AvgIpc) is 3.96.